The van der Waals surface area contributed by atoms with E-state index in [1.807, 2.05) is 12.1 Å². The van der Waals surface area contributed by atoms with Crippen molar-refractivity contribution < 1.29 is 9.53 Å². The standard InChI is InChI=1S/C21H27ClN6O2/c1-23-21(26-12-11-25-20(29)15-5-7-17(30-2)8-6-15)27-16-9-13-28(14-16)19-18(22)4-3-10-24-19/h3-8,10,16H,9,11-14H2,1-2H3,(H,25,29)(H2,23,26,27). The van der Waals surface area contributed by atoms with Crippen LogP contribution in [-0.2, 0) is 0 Å². The van der Waals surface area contributed by atoms with Crippen molar-refractivity contribution in [2.75, 3.05) is 45.2 Å². The van der Waals surface area contributed by atoms with Crippen molar-refractivity contribution in [2.45, 2.75) is 12.5 Å². The first kappa shape index (κ1) is 21.7. The van der Waals surface area contributed by atoms with Gasteiger partial charge in [0.25, 0.3) is 5.91 Å². The molecule has 0 aliphatic carbocycles. The largest absolute Gasteiger partial charge is 0.497 e. The lowest BCUT2D eigenvalue weighted by Gasteiger charge is -2.20. The third-order valence-corrected chi connectivity index (χ3v) is 5.14. The number of hydrogen-bond donors (Lipinski definition) is 3. The number of rotatable bonds is 7. The summed E-state index contributed by atoms with van der Waals surface area (Å²) >= 11 is 6.25. The molecule has 1 fully saturated rings. The van der Waals surface area contributed by atoms with Gasteiger partial charge in [-0.3, -0.25) is 9.79 Å². The van der Waals surface area contributed by atoms with Crippen molar-refractivity contribution in [3.8, 4) is 5.75 Å². The van der Waals surface area contributed by atoms with Gasteiger partial charge < -0.3 is 25.6 Å². The van der Waals surface area contributed by atoms with Gasteiger partial charge in [-0.15, -0.1) is 0 Å². The molecule has 2 heterocycles. The van der Waals surface area contributed by atoms with Crippen LogP contribution in [0.1, 0.15) is 16.8 Å². The van der Waals surface area contributed by atoms with Crippen LogP contribution in [0.15, 0.2) is 47.6 Å². The summed E-state index contributed by atoms with van der Waals surface area (Å²) < 4.78 is 5.10. The molecule has 9 heteroatoms. The Bertz CT molecular complexity index is 874. The highest BCUT2D eigenvalue weighted by molar-refractivity contribution is 6.32. The van der Waals surface area contributed by atoms with Crippen LogP contribution >= 0.6 is 11.6 Å². The number of amides is 1. The normalized spacial score (nSPS) is 16.3. The predicted molar refractivity (Wildman–Crippen MR) is 120 cm³/mol. The summed E-state index contributed by atoms with van der Waals surface area (Å²) in [4.78, 5) is 23.0. The third kappa shape index (κ3) is 5.76. The summed E-state index contributed by atoms with van der Waals surface area (Å²) in [7, 11) is 3.33. The molecule has 0 radical (unpaired) electrons. The fraction of sp³-hybridized carbons (Fsp3) is 0.381. The molecule has 1 aliphatic heterocycles. The Kier molecular flexibility index (Phi) is 7.73. The lowest BCUT2D eigenvalue weighted by atomic mass is 10.2. The van der Waals surface area contributed by atoms with Crippen LogP contribution in [0.2, 0.25) is 5.02 Å². The van der Waals surface area contributed by atoms with E-state index >= 15 is 0 Å². The molecule has 1 aliphatic rings. The third-order valence-electron chi connectivity index (χ3n) is 4.85. The van der Waals surface area contributed by atoms with Crippen molar-refractivity contribution >= 4 is 29.3 Å². The van der Waals surface area contributed by atoms with E-state index in [-0.39, 0.29) is 11.9 Å². The number of methoxy groups -OCH3 is 1. The van der Waals surface area contributed by atoms with Gasteiger partial charge in [-0.25, -0.2) is 4.98 Å². The summed E-state index contributed by atoms with van der Waals surface area (Å²) in [5.41, 5.74) is 0.595. The maximum absolute atomic E-state index is 12.2. The zero-order chi connectivity index (χ0) is 21.3. The molecule has 0 spiro atoms. The SMILES string of the molecule is CN=C(NCCNC(=O)c1ccc(OC)cc1)NC1CCN(c2ncccc2Cl)C1. The molecule has 1 saturated heterocycles. The Morgan fingerprint density at radius 3 is 2.73 bits per heavy atom. The van der Waals surface area contributed by atoms with E-state index in [1.165, 1.54) is 0 Å². The average Bonchev–Trinajstić information content (AvgIpc) is 3.24. The number of nitrogens with zero attached hydrogens (tertiary/aromatic N) is 3. The quantitative estimate of drug-likeness (QED) is 0.353. The van der Waals surface area contributed by atoms with Crippen LogP contribution < -0.4 is 25.6 Å². The summed E-state index contributed by atoms with van der Waals surface area (Å²) in [5, 5.41) is 10.2. The highest BCUT2D eigenvalue weighted by Crippen LogP contribution is 2.25. The monoisotopic (exact) mass is 430 g/mol. The molecular formula is C21H27ClN6O2. The zero-order valence-electron chi connectivity index (χ0n) is 17.2. The van der Waals surface area contributed by atoms with E-state index in [0.29, 0.717) is 29.6 Å². The fourth-order valence-corrected chi connectivity index (χ4v) is 3.51. The zero-order valence-corrected chi connectivity index (χ0v) is 17.9. The van der Waals surface area contributed by atoms with Crippen LogP contribution in [0.25, 0.3) is 0 Å². The first-order chi connectivity index (χ1) is 14.6. The highest BCUT2D eigenvalue weighted by atomic mass is 35.5. The molecule has 3 rings (SSSR count). The molecular weight excluding hydrogens is 404 g/mol. The number of benzene rings is 1. The number of aromatic nitrogens is 1. The predicted octanol–water partition coefficient (Wildman–Crippen LogP) is 1.92. The minimum atomic E-state index is -0.124. The van der Waals surface area contributed by atoms with Gasteiger partial charge in [-0.2, -0.15) is 0 Å². The number of ether oxygens (including phenoxy) is 1. The number of carbonyl (C=O) groups is 1. The number of pyridine rings is 1. The molecule has 1 atom stereocenters. The van der Waals surface area contributed by atoms with Crippen LogP contribution in [-0.4, -0.2) is 63.2 Å². The lowest BCUT2D eigenvalue weighted by molar-refractivity contribution is 0.0954. The molecule has 3 N–H and O–H groups in total. The summed E-state index contributed by atoms with van der Waals surface area (Å²) in [5.74, 6) is 2.11. The molecule has 160 valence electrons. The molecule has 0 bridgehead atoms. The van der Waals surface area contributed by atoms with Crippen molar-refractivity contribution in [2.24, 2.45) is 4.99 Å². The van der Waals surface area contributed by atoms with Crippen molar-refractivity contribution in [1.29, 1.82) is 0 Å². The molecule has 1 unspecified atom stereocenters. The number of aliphatic imine (C=N–C) groups is 1. The van der Waals surface area contributed by atoms with E-state index < -0.39 is 0 Å². The Hall–Kier alpha value is -3.00. The van der Waals surface area contributed by atoms with Gasteiger partial charge in [0.15, 0.2) is 5.96 Å². The first-order valence-electron chi connectivity index (χ1n) is 9.85. The van der Waals surface area contributed by atoms with E-state index in [9.17, 15) is 4.79 Å². The maximum atomic E-state index is 12.2. The second-order valence-electron chi connectivity index (χ2n) is 6.87. The molecule has 1 aromatic heterocycles. The van der Waals surface area contributed by atoms with Crippen molar-refractivity contribution in [1.82, 2.24) is 20.9 Å². The average molecular weight is 431 g/mol. The molecule has 8 nitrogen and oxygen atoms in total. The number of guanidine groups is 1. The van der Waals surface area contributed by atoms with Gasteiger partial charge in [0.2, 0.25) is 0 Å². The second-order valence-corrected chi connectivity index (χ2v) is 7.28. The van der Waals surface area contributed by atoms with Crippen molar-refractivity contribution in [3.05, 3.63) is 53.2 Å². The van der Waals surface area contributed by atoms with E-state index in [2.05, 4.69) is 30.8 Å². The van der Waals surface area contributed by atoms with Gasteiger partial charge >= 0.3 is 0 Å². The molecule has 1 aromatic carbocycles. The number of anilines is 1. The Morgan fingerprint density at radius 2 is 2.03 bits per heavy atom. The summed E-state index contributed by atoms with van der Waals surface area (Å²) in [6.07, 6.45) is 2.71. The van der Waals surface area contributed by atoms with Gasteiger partial charge in [-0.1, -0.05) is 11.6 Å². The minimum absolute atomic E-state index is 0.124. The van der Waals surface area contributed by atoms with E-state index in [4.69, 9.17) is 16.3 Å². The Labute approximate surface area is 181 Å². The second kappa shape index (κ2) is 10.7. The van der Waals surface area contributed by atoms with Crippen LogP contribution in [0, 0.1) is 0 Å². The topological polar surface area (TPSA) is 90.9 Å². The highest BCUT2D eigenvalue weighted by Gasteiger charge is 2.25. The van der Waals surface area contributed by atoms with Gasteiger partial charge in [0, 0.05) is 51.0 Å². The van der Waals surface area contributed by atoms with Crippen molar-refractivity contribution in [3.63, 3.8) is 0 Å². The Balaban J connectivity index is 1.40. The summed E-state index contributed by atoms with van der Waals surface area (Å²) in [6.45, 7) is 2.71. The molecule has 1 amide bonds. The molecule has 2 aromatic rings. The van der Waals surface area contributed by atoms with Gasteiger partial charge in [-0.05, 0) is 42.8 Å². The maximum Gasteiger partial charge on any atom is 0.251 e. The van der Waals surface area contributed by atoms with Crippen LogP contribution in [0.4, 0.5) is 5.82 Å². The van der Waals surface area contributed by atoms with E-state index in [0.717, 1.165) is 31.1 Å². The minimum Gasteiger partial charge on any atom is -0.497 e. The number of carbonyl (C=O) groups excluding carboxylic acids is 1. The lowest BCUT2D eigenvalue weighted by Crippen LogP contribution is -2.46. The van der Waals surface area contributed by atoms with Crippen LogP contribution in [0.5, 0.6) is 5.75 Å². The number of nitrogens with one attached hydrogen (secondary N) is 3. The van der Waals surface area contributed by atoms with Gasteiger partial charge in [0.05, 0.1) is 12.1 Å². The van der Waals surface area contributed by atoms with Gasteiger partial charge in [0.1, 0.15) is 11.6 Å². The molecule has 30 heavy (non-hydrogen) atoms. The van der Waals surface area contributed by atoms with Crippen LogP contribution in [0.3, 0.4) is 0 Å². The number of halogens is 1. The summed E-state index contributed by atoms with van der Waals surface area (Å²) in [6, 6.07) is 10.9. The molecule has 0 saturated carbocycles. The number of hydrogen-bond acceptors (Lipinski definition) is 5. The smallest absolute Gasteiger partial charge is 0.251 e. The first-order valence-corrected chi connectivity index (χ1v) is 10.2. The Morgan fingerprint density at radius 1 is 1.27 bits per heavy atom. The van der Waals surface area contributed by atoms with E-state index in [1.54, 1.807) is 44.6 Å². The fourth-order valence-electron chi connectivity index (χ4n) is 3.27.